The molecule has 14 heavy (non-hydrogen) atoms. The lowest BCUT2D eigenvalue weighted by Crippen LogP contribution is -2.07. The molecule has 0 aliphatic heterocycles. The highest BCUT2D eigenvalue weighted by atomic mass is 16.1. The van der Waals surface area contributed by atoms with Gasteiger partial charge in [0.05, 0.1) is 5.56 Å². The van der Waals surface area contributed by atoms with Gasteiger partial charge in [-0.3, -0.25) is 4.79 Å². The summed E-state index contributed by atoms with van der Waals surface area (Å²) < 4.78 is 0. The Morgan fingerprint density at radius 1 is 1.29 bits per heavy atom. The number of Topliss-reactive ketones (excluding diaryl/α,β-unsaturated/α-hetero) is 1. The van der Waals surface area contributed by atoms with Gasteiger partial charge in [-0.15, -0.1) is 0 Å². The molecule has 0 spiro atoms. The molecule has 0 fully saturated rings. The van der Waals surface area contributed by atoms with Crippen molar-refractivity contribution in [1.29, 1.82) is 0 Å². The fraction of sp³-hybridized carbons (Fsp3) is 0.167. The van der Waals surface area contributed by atoms with E-state index >= 15 is 0 Å². The van der Waals surface area contributed by atoms with Crippen molar-refractivity contribution in [2.45, 2.75) is 13.3 Å². The van der Waals surface area contributed by atoms with Gasteiger partial charge in [0.25, 0.3) is 0 Å². The van der Waals surface area contributed by atoms with Gasteiger partial charge in [0.2, 0.25) is 0 Å². The Kier molecular flexibility index (Phi) is 2.27. The van der Waals surface area contributed by atoms with E-state index in [1.807, 2.05) is 37.4 Å². The number of ketones is 1. The Balaban J connectivity index is 2.71. The molecule has 1 aromatic heterocycles. The van der Waals surface area contributed by atoms with Crippen molar-refractivity contribution in [2.24, 2.45) is 0 Å². The number of hydrogen-bond acceptors (Lipinski definition) is 1. The highest BCUT2D eigenvalue weighted by Crippen LogP contribution is 2.16. The molecule has 0 unspecified atom stereocenters. The molecule has 2 rings (SSSR count). The second-order valence-electron chi connectivity index (χ2n) is 3.23. The van der Waals surface area contributed by atoms with Crippen LogP contribution in [0.15, 0.2) is 36.7 Å². The molecule has 0 atom stereocenters. The Morgan fingerprint density at radius 2 is 2.07 bits per heavy atom. The smallest absolute Gasteiger partial charge is 0.178 e. The minimum atomic E-state index is 0.179. The Morgan fingerprint density at radius 3 is 2.86 bits per heavy atom. The molecule has 2 nitrogen and oxygen atoms in total. The van der Waals surface area contributed by atoms with Crippen LogP contribution in [-0.4, -0.2) is 5.78 Å². The van der Waals surface area contributed by atoms with E-state index in [1.54, 1.807) is 6.20 Å². The van der Waals surface area contributed by atoms with Gasteiger partial charge < -0.3 is 0 Å². The minimum Gasteiger partial charge on any atom is -0.294 e. The molecule has 0 saturated heterocycles. The van der Waals surface area contributed by atoms with Gasteiger partial charge in [-0.25, -0.2) is 4.98 Å². The summed E-state index contributed by atoms with van der Waals surface area (Å²) in [6.45, 7) is 1.88. The van der Waals surface area contributed by atoms with Crippen LogP contribution in [0, 0.1) is 0 Å². The van der Waals surface area contributed by atoms with Crippen LogP contribution in [0.2, 0.25) is 0 Å². The van der Waals surface area contributed by atoms with E-state index in [2.05, 4.69) is 4.98 Å². The lowest BCUT2D eigenvalue weighted by atomic mass is 10.0. The Hall–Kier alpha value is -1.70. The van der Waals surface area contributed by atoms with Gasteiger partial charge in [-0.2, -0.15) is 0 Å². The summed E-state index contributed by atoms with van der Waals surface area (Å²) in [5.74, 6) is 0.179. The summed E-state index contributed by atoms with van der Waals surface area (Å²) in [7, 11) is 0. The molecule has 2 heteroatoms. The van der Waals surface area contributed by atoms with E-state index in [0.29, 0.717) is 6.42 Å². The predicted molar refractivity (Wildman–Crippen MR) is 55.1 cm³/mol. The number of aromatic nitrogens is 1. The third kappa shape index (κ3) is 1.39. The number of H-pyrrole nitrogens is 1. The molecule has 1 heterocycles. The SMILES string of the molecule is CCC(=O)c1c[nH+]cc2ccccc12. The molecular weight excluding hydrogens is 174 g/mol. The van der Waals surface area contributed by atoms with Crippen molar-refractivity contribution in [3.05, 3.63) is 42.2 Å². The quantitative estimate of drug-likeness (QED) is 0.662. The van der Waals surface area contributed by atoms with Gasteiger partial charge in [-0.05, 0) is 6.07 Å². The number of benzene rings is 1. The summed E-state index contributed by atoms with van der Waals surface area (Å²) in [6.07, 6.45) is 4.22. The number of carbonyl (C=O) groups excluding carboxylic acids is 1. The average molecular weight is 186 g/mol. The third-order valence-corrected chi connectivity index (χ3v) is 2.34. The maximum Gasteiger partial charge on any atom is 0.178 e. The van der Waals surface area contributed by atoms with Gasteiger partial charge in [-0.1, -0.05) is 25.1 Å². The van der Waals surface area contributed by atoms with E-state index in [0.717, 1.165) is 16.3 Å². The van der Waals surface area contributed by atoms with Crippen LogP contribution in [-0.2, 0) is 0 Å². The second-order valence-corrected chi connectivity index (χ2v) is 3.23. The lowest BCUT2D eigenvalue weighted by Gasteiger charge is -1.99. The minimum absolute atomic E-state index is 0.179. The lowest BCUT2D eigenvalue weighted by molar-refractivity contribution is -0.376. The summed E-state index contributed by atoms with van der Waals surface area (Å²) >= 11 is 0. The Bertz CT molecular complexity index is 471. The molecule has 0 aliphatic rings. The molecule has 70 valence electrons. The maximum atomic E-state index is 11.6. The molecule has 0 bridgehead atoms. The van der Waals surface area contributed by atoms with Gasteiger partial charge in [0, 0.05) is 17.2 Å². The van der Waals surface area contributed by atoms with Crippen LogP contribution in [0.5, 0.6) is 0 Å². The van der Waals surface area contributed by atoms with E-state index in [9.17, 15) is 4.79 Å². The zero-order valence-electron chi connectivity index (χ0n) is 8.08. The van der Waals surface area contributed by atoms with E-state index < -0.39 is 0 Å². The first-order valence-corrected chi connectivity index (χ1v) is 4.75. The highest BCUT2D eigenvalue weighted by Gasteiger charge is 2.10. The maximum absolute atomic E-state index is 11.6. The number of nitrogens with one attached hydrogen (secondary N) is 1. The zero-order chi connectivity index (χ0) is 9.97. The summed E-state index contributed by atoms with van der Waals surface area (Å²) in [6, 6.07) is 7.90. The molecular formula is C12H12NO+. The second kappa shape index (κ2) is 3.58. The summed E-state index contributed by atoms with van der Waals surface area (Å²) in [4.78, 5) is 14.6. The topological polar surface area (TPSA) is 31.2 Å². The fourth-order valence-corrected chi connectivity index (χ4v) is 1.58. The first-order valence-electron chi connectivity index (χ1n) is 4.75. The molecule has 0 radical (unpaired) electrons. The standard InChI is InChI=1S/C12H11NO/c1-2-12(14)11-8-13-7-9-5-3-4-6-10(9)11/h3-8H,2H2,1H3/p+1. The van der Waals surface area contributed by atoms with Crippen molar-refractivity contribution < 1.29 is 9.78 Å². The van der Waals surface area contributed by atoms with Crippen LogP contribution in [0.3, 0.4) is 0 Å². The first-order chi connectivity index (χ1) is 6.83. The molecule has 1 N–H and O–H groups in total. The normalized spacial score (nSPS) is 10.4. The van der Waals surface area contributed by atoms with Crippen molar-refractivity contribution >= 4 is 16.6 Å². The highest BCUT2D eigenvalue weighted by molar-refractivity contribution is 6.07. The van der Waals surface area contributed by atoms with Crippen LogP contribution >= 0.6 is 0 Å². The van der Waals surface area contributed by atoms with Crippen molar-refractivity contribution in [2.75, 3.05) is 0 Å². The van der Waals surface area contributed by atoms with E-state index in [1.165, 1.54) is 0 Å². The van der Waals surface area contributed by atoms with Crippen molar-refractivity contribution in [3.8, 4) is 0 Å². The van der Waals surface area contributed by atoms with Crippen LogP contribution < -0.4 is 4.98 Å². The van der Waals surface area contributed by atoms with Crippen LogP contribution in [0.1, 0.15) is 23.7 Å². The zero-order valence-corrected chi connectivity index (χ0v) is 8.08. The average Bonchev–Trinajstić information content (AvgIpc) is 2.27. The van der Waals surface area contributed by atoms with Crippen LogP contribution in [0.25, 0.3) is 10.8 Å². The molecule has 0 amide bonds. The number of aromatic amines is 1. The summed E-state index contributed by atoms with van der Waals surface area (Å²) in [5.41, 5.74) is 0.783. The molecule has 0 aliphatic carbocycles. The number of fused-ring (bicyclic) bond motifs is 1. The third-order valence-electron chi connectivity index (χ3n) is 2.34. The molecule has 0 saturated carbocycles. The predicted octanol–water partition coefficient (Wildman–Crippen LogP) is 2.25. The largest absolute Gasteiger partial charge is 0.294 e. The fourth-order valence-electron chi connectivity index (χ4n) is 1.58. The van der Waals surface area contributed by atoms with Gasteiger partial charge >= 0.3 is 0 Å². The van der Waals surface area contributed by atoms with Crippen molar-refractivity contribution in [3.63, 3.8) is 0 Å². The number of rotatable bonds is 2. The Labute approximate surface area is 82.6 Å². The van der Waals surface area contributed by atoms with Crippen LogP contribution in [0.4, 0.5) is 0 Å². The summed E-state index contributed by atoms with van der Waals surface area (Å²) in [5, 5.41) is 2.10. The molecule has 1 aromatic carbocycles. The number of hydrogen-bond donors (Lipinski definition) is 0. The van der Waals surface area contributed by atoms with E-state index in [4.69, 9.17) is 0 Å². The first kappa shape index (κ1) is 8.88. The monoisotopic (exact) mass is 186 g/mol. The van der Waals surface area contributed by atoms with Crippen molar-refractivity contribution in [1.82, 2.24) is 0 Å². The van der Waals surface area contributed by atoms with E-state index in [-0.39, 0.29) is 5.78 Å². The number of carbonyl (C=O) groups is 1. The molecule has 2 aromatic rings. The van der Waals surface area contributed by atoms with Gasteiger partial charge in [0.15, 0.2) is 18.2 Å². The number of pyridine rings is 1. The van der Waals surface area contributed by atoms with Gasteiger partial charge in [0.1, 0.15) is 0 Å².